The van der Waals surface area contributed by atoms with Crippen molar-refractivity contribution in [3.05, 3.63) is 22.9 Å². The summed E-state index contributed by atoms with van der Waals surface area (Å²) in [5.41, 5.74) is 2.71. The summed E-state index contributed by atoms with van der Waals surface area (Å²) < 4.78 is 0. The van der Waals surface area contributed by atoms with Gasteiger partial charge in [-0.25, -0.2) is 4.98 Å². The normalized spacial score (nSPS) is 17.5. The van der Waals surface area contributed by atoms with Crippen molar-refractivity contribution in [2.75, 3.05) is 11.4 Å². The van der Waals surface area contributed by atoms with Gasteiger partial charge in [0.05, 0.1) is 5.56 Å². The molecule has 110 valence electrons. The highest BCUT2D eigenvalue weighted by Crippen LogP contribution is 2.32. The lowest BCUT2D eigenvalue weighted by atomic mass is 10.1. The third kappa shape index (κ3) is 2.71. The van der Waals surface area contributed by atoms with E-state index in [1.807, 2.05) is 11.0 Å². The summed E-state index contributed by atoms with van der Waals surface area (Å²) in [5, 5.41) is 18.6. The van der Waals surface area contributed by atoms with Gasteiger partial charge in [-0.2, -0.15) is 5.26 Å². The van der Waals surface area contributed by atoms with E-state index in [9.17, 15) is 15.2 Å². The molecule has 1 heterocycles. The number of nitriles is 1. The van der Waals surface area contributed by atoms with Crippen molar-refractivity contribution in [1.29, 1.82) is 5.26 Å². The van der Waals surface area contributed by atoms with Gasteiger partial charge in [0.25, 0.3) is 0 Å². The lowest BCUT2D eigenvalue weighted by molar-refractivity contribution is -0.135. The fraction of sp³-hybridized carbons (Fsp3) is 0.562. The van der Waals surface area contributed by atoms with Crippen LogP contribution in [0.25, 0.3) is 0 Å². The molecule has 1 aromatic heterocycles. The molecule has 0 radical (unpaired) electrons. The Balaban J connectivity index is 2.01. The van der Waals surface area contributed by atoms with Gasteiger partial charge in [0, 0.05) is 11.7 Å². The molecule has 0 aromatic carbocycles. The predicted molar refractivity (Wildman–Crippen MR) is 78.2 cm³/mol. The molecule has 1 N–H and O–H groups in total. The summed E-state index contributed by atoms with van der Waals surface area (Å²) in [4.78, 5) is 17.7. The second-order valence-corrected chi connectivity index (χ2v) is 5.89. The average Bonchev–Trinajstić information content (AvgIpc) is 3.13. The second kappa shape index (κ2) is 5.72. The molecule has 5 heteroatoms. The van der Waals surface area contributed by atoms with E-state index in [2.05, 4.69) is 11.1 Å². The monoisotopic (exact) mass is 285 g/mol. The van der Waals surface area contributed by atoms with Gasteiger partial charge < -0.3 is 10.0 Å². The van der Waals surface area contributed by atoms with Crippen molar-refractivity contribution in [2.24, 2.45) is 0 Å². The molecule has 0 saturated heterocycles. The van der Waals surface area contributed by atoms with Crippen LogP contribution in [0.2, 0.25) is 0 Å². The van der Waals surface area contributed by atoms with E-state index < -0.39 is 5.97 Å². The molecule has 3 rings (SSSR count). The molecule has 0 amide bonds. The maximum absolute atomic E-state index is 11.2. The van der Waals surface area contributed by atoms with Crippen LogP contribution in [0.4, 0.5) is 5.82 Å². The van der Waals surface area contributed by atoms with Crippen molar-refractivity contribution in [3.8, 4) is 6.07 Å². The zero-order valence-electron chi connectivity index (χ0n) is 12.0. The van der Waals surface area contributed by atoms with Crippen molar-refractivity contribution >= 4 is 11.8 Å². The molecule has 0 bridgehead atoms. The SMILES string of the molecule is N#Cc1cc2c(nc1N(CC(=O)O)C1CCCC1)CCC2. The summed E-state index contributed by atoms with van der Waals surface area (Å²) >= 11 is 0. The highest BCUT2D eigenvalue weighted by molar-refractivity contribution is 5.74. The van der Waals surface area contributed by atoms with Gasteiger partial charge in [0.1, 0.15) is 18.4 Å². The Morgan fingerprint density at radius 1 is 1.38 bits per heavy atom. The van der Waals surface area contributed by atoms with Gasteiger partial charge in [-0.15, -0.1) is 0 Å². The lowest BCUT2D eigenvalue weighted by Gasteiger charge is -2.29. The molecule has 1 saturated carbocycles. The van der Waals surface area contributed by atoms with Gasteiger partial charge in [0.2, 0.25) is 0 Å². The number of fused-ring (bicyclic) bond motifs is 1. The van der Waals surface area contributed by atoms with E-state index in [1.54, 1.807) is 0 Å². The molecule has 2 aliphatic carbocycles. The van der Waals surface area contributed by atoms with Crippen molar-refractivity contribution in [1.82, 2.24) is 4.98 Å². The Morgan fingerprint density at radius 2 is 2.14 bits per heavy atom. The van der Waals surface area contributed by atoms with E-state index in [1.165, 1.54) is 0 Å². The van der Waals surface area contributed by atoms with E-state index in [0.29, 0.717) is 11.4 Å². The van der Waals surface area contributed by atoms with Gasteiger partial charge in [-0.05, 0) is 43.7 Å². The van der Waals surface area contributed by atoms with Gasteiger partial charge in [-0.1, -0.05) is 12.8 Å². The van der Waals surface area contributed by atoms with Crippen LogP contribution in [0.3, 0.4) is 0 Å². The summed E-state index contributed by atoms with van der Waals surface area (Å²) in [6.07, 6.45) is 7.17. The summed E-state index contributed by atoms with van der Waals surface area (Å²) in [6, 6.07) is 4.31. The third-order valence-electron chi connectivity index (χ3n) is 4.49. The maximum atomic E-state index is 11.2. The van der Waals surface area contributed by atoms with Gasteiger partial charge >= 0.3 is 5.97 Å². The Bertz CT molecular complexity index is 600. The Morgan fingerprint density at radius 3 is 2.81 bits per heavy atom. The summed E-state index contributed by atoms with van der Waals surface area (Å²) in [6.45, 7) is -0.0782. The highest BCUT2D eigenvalue weighted by atomic mass is 16.4. The Kier molecular flexibility index (Phi) is 3.78. The second-order valence-electron chi connectivity index (χ2n) is 5.89. The lowest BCUT2D eigenvalue weighted by Crippen LogP contribution is -2.39. The first-order chi connectivity index (χ1) is 10.2. The largest absolute Gasteiger partial charge is 0.480 e. The topological polar surface area (TPSA) is 77.2 Å². The number of aromatic nitrogens is 1. The predicted octanol–water partition coefficient (Wildman–Crippen LogP) is 2.28. The fourth-order valence-electron chi connectivity index (χ4n) is 3.50. The van der Waals surface area contributed by atoms with Crippen LogP contribution in [0.1, 0.15) is 48.9 Å². The van der Waals surface area contributed by atoms with Crippen molar-refractivity contribution < 1.29 is 9.90 Å². The molecule has 0 atom stereocenters. The van der Waals surface area contributed by atoms with Crippen LogP contribution in [0.5, 0.6) is 0 Å². The minimum Gasteiger partial charge on any atom is -0.480 e. The number of rotatable bonds is 4. The molecular formula is C16H19N3O2. The molecule has 1 fully saturated rings. The van der Waals surface area contributed by atoms with Crippen LogP contribution >= 0.6 is 0 Å². The zero-order chi connectivity index (χ0) is 14.8. The number of pyridine rings is 1. The van der Waals surface area contributed by atoms with Crippen LogP contribution in [0, 0.1) is 11.3 Å². The third-order valence-corrected chi connectivity index (χ3v) is 4.49. The molecule has 2 aliphatic rings. The van der Waals surface area contributed by atoms with Crippen LogP contribution in [0.15, 0.2) is 6.07 Å². The standard InChI is InChI=1S/C16H19N3O2/c17-9-12-8-11-4-3-7-14(11)18-16(12)19(10-15(20)21)13-5-1-2-6-13/h8,13H,1-7,10H2,(H,20,21). The molecule has 1 aromatic rings. The molecule has 0 aliphatic heterocycles. The van der Waals surface area contributed by atoms with E-state index in [-0.39, 0.29) is 12.6 Å². The number of carbonyl (C=O) groups is 1. The number of aliphatic carboxylic acids is 1. The Labute approximate surface area is 124 Å². The number of nitrogens with zero attached hydrogens (tertiary/aromatic N) is 3. The molecule has 5 nitrogen and oxygen atoms in total. The van der Waals surface area contributed by atoms with Crippen molar-refractivity contribution in [3.63, 3.8) is 0 Å². The van der Waals surface area contributed by atoms with Crippen LogP contribution in [-0.2, 0) is 17.6 Å². The Hall–Kier alpha value is -2.09. The minimum atomic E-state index is -0.868. The van der Waals surface area contributed by atoms with Gasteiger partial charge in [0.15, 0.2) is 0 Å². The molecule has 0 unspecified atom stereocenters. The molecular weight excluding hydrogens is 266 g/mol. The molecule has 21 heavy (non-hydrogen) atoms. The summed E-state index contributed by atoms with van der Waals surface area (Å²) in [5.74, 6) is -0.291. The fourth-order valence-corrected chi connectivity index (χ4v) is 3.50. The number of anilines is 1. The quantitative estimate of drug-likeness (QED) is 0.918. The highest BCUT2D eigenvalue weighted by Gasteiger charge is 2.28. The number of hydrogen-bond donors (Lipinski definition) is 1. The molecule has 0 spiro atoms. The zero-order valence-corrected chi connectivity index (χ0v) is 12.0. The van der Waals surface area contributed by atoms with E-state index in [0.717, 1.165) is 56.2 Å². The van der Waals surface area contributed by atoms with Crippen molar-refractivity contribution in [2.45, 2.75) is 51.0 Å². The first kappa shape index (κ1) is 13.9. The number of carboxylic acids is 1. The van der Waals surface area contributed by atoms with Gasteiger partial charge in [-0.3, -0.25) is 4.79 Å². The number of aryl methyl sites for hydroxylation is 2. The first-order valence-electron chi connectivity index (χ1n) is 7.60. The smallest absolute Gasteiger partial charge is 0.323 e. The van der Waals surface area contributed by atoms with Crippen LogP contribution < -0.4 is 4.90 Å². The minimum absolute atomic E-state index is 0.0782. The maximum Gasteiger partial charge on any atom is 0.323 e. The van der Waals surface area contributed by atoms with E-state index in [4.69, 9.17) is 0 Å². The summed E-state index contributed by atoms with van der Waals surface area (Å²) in [7, 11) is 0. The number of hydrogen-bond acceptors (Lipinski definition) is 4. The van der Waals surface area contributed by atoms with E-state index >= 15 is 0 Å². The number of carboxylic acid groups (broad SMARTS) is 1. The first-order valence-corrected chi connectivity index (χ1v) is 7.60. The average molecular weight is 285 g/mol. The van der Waals surface area contributed by atoms with Crippen LogP contribution in [-0.4, -0.2) is 28.6 Å².